The van der Waals surface area contributed by atoms with Crippen molar-refractivity contribution in [3.8, 4) is 11.5 Å². The van der Waals surface area contributed by atoms with Gasteiger partial charge in [0.15, 0.2) is 9.84 Å². The van der Waals surface area contributed by atoms with Gasteiger partial charge in [0, 0.05) is 12.3 Å². The number of ether oxygens (including phenoxy) is 2. The van der Waals surface area contributed by atoms with E-state index in [0.717, 1.165) is 12.3 Å². The molecule has 2 aromatic rings. The Labute approximate surface area is 144 Å². The van der Waals surface area contributed by atoms with E-state index in [1.807, 2.05) is 0 Å². The zero-order valence-electron chi connectivity index (χ0n) is 13.5. The highest BCUT2D eigenvalue weighted by molar-refractivity contribution is 7.90. The van der Waals surface area contributed by atoms with Crippen LogP contribution in [0.15, 0.2) is 47.4 Å². The number of nitrogens with zero attached hydrogens (tertiary/aromatic N) is 1. The molecule has 0 aliphatic rings. The molecule has 0 saturated carbocycles. The summed E-state index contributed by atoms with van der Waals surface area (Å²) < 4.78 is 33.3. The second kappa shape index (κ2) is 7.31. The van der Waals surface area contributed by atoms with Crippen molar-refractivity contribution in [2.75, 3.05) is 12.9 Å². The minimum atomic E-state index is -3.58. The minimum absolute atomic E-state index is 0.110. The average Bonchev–Trinajstić information content (AvgIpc) is 2.55. The molecule has 0 spiro atoms. The van der Waals surface area contributed by atoms with E-state index in [0.29, 0.717) is 5.56 Å². The molecule has 0 saturated heterocycles. The maximum atomic E-state index is 11.6. The first-order valence-corrected chi connectivity index (χ1v) is 9.05. The Morgan fingerprint density at radius 2 is 1.80 bits per heavy atom. The lowest BCUT2D eigenvalue weighted by molar-refractivity contribution is -0.385. The summed E-state index contributed by atoms with van der Waals surface area (Å²) in [6.07, 6.45) is 0.959. The Morgan fingerprint density at radius 3 is 2.32 bits per heavy atom. The first kappa shape index (κ1) is 18.4. The first-order chi connectivity index (χ1) is 11.7. The quantitative estimate of drug-likeness (QED) is 0.439. The third-order valence-electron chi connectivity index (χ3n) is 3.15. The minimum Gasteiger partial charge on any atom is -0.462 e. The monoisotopic (exact) mass is 365 g/mol. The van der Waals surface area contributed by atoms with E-state index < -0.39 is 26.4 Å². The van der Waals surface area contributed by atoms with Crippen LogP contribution in [0.1, 0.15) is 17.3 Å². The maximum Gasteiger partial charge on any atom is 0.338 e. The number of sulfone groups is 1. The molecule has 9 heteroatoms. The van der Waals surface area contributed by atoms with Gasteiger partial charge in [-0.2, -0.15) is 0 Å². The molecule has 2 aromatic carbocycles. The number of hydrogen-bond acceptors (Lipinski definition) is 7. The van der Waals surface area contributed by atoms with E-state index >= 15 is 0 Å². The fourth-order valence-corrected chi connectivity index (χ4v) is 2.60. The SMILES string of the molecule is CCOC(=O)c1ccc(Oc2ccc(S(C)(=O)=O)cc2[N+](=O)[O-])cc1. The van der Waals surface area contributed by atoms with Gasteiger partial charge in [0.25, 0.3) is 0 Å². The van der Waals surface area contributed by atoms with Gasteiger partial charge in [-0.25, -0.2) is 13.2 Å². The van der Waals surface area contributed by atoms with E-state index in [-0.39, 0.29) is 23.0 Å². The molecule has 0 unspecified atom stereocenters. The van der Waals surface area contributed by atoms with E-state index in [4.69, 9.17) is 9.47 Å². The van der Waals surface area contributed by atoms with Crippen molar-refractivity contribution in [3.05, 3.63) is 58.1 Å². The van der Waals surface area contributed by atoms with Gasteiger partial charge in [-0.3, -0.25) is 10.1 Å². The van der Waals surface area contributed by atoms with Crippen molar-refractivity contribution in [1.82, 2.24) is 0 Å². The average molecular weight is 365 g/mol. The van der Waals surface area contributed by atoms with Crippen molar-refractivity contribution in [2.24, 2.45) is 0 Å². The molecule has 0 aromatic heterocycles. The molecule has 0 radical (unpaired) electrons. The molecule has 0 bridgehead atoms. The summed E-state index contributed by atoms with van der Waals surface area (Å²) in [4.78, 5) is 21.9. The lowest BCUT2D eigenvalue weighted by Crippen LogP contribution is -2.04. The van der Waals surface area contributed by atoms with E-state index in [2.05, 4.69) is 0 Å². The topological polar surface area (TPSA) is 113 Å². The highest BCUT2D eigenvalue weighted by Gasteiger charge is 2.20. The fraction of sp³-hybridized carbons (Fsp3) is 0.188. The molecule has 0 atom stereocenters. The van der Waals surface area contributed by atoms with Gasteiger partial charge >= 0.3 is 11.7 Å². The van der Waals surface area contributed by atoms with Gasteiger partial charge in [0.1, 0.15) is 5.75 Å². The molecule has 0 N–H and O–H groups in total. The summed E-state index contributed by atoms with van der Waals surface area (Å²) in [5.41, 5.74) is -0.159. The van der Waals surface area contributed by atoms with Gasteiger partial charge in [-0.05, 0) is 43.3 Å². The van der Waals surface area contributed by atoms with Gasteiger partial charge in [0.2, 0.25) is 5.75 Å². The van der Waals surface area contributed by atoms with Gasteiger partial charge in [0.05, 0.1) is 22.0 Å². The van der Waals surface area contributed by atoms with Crippen LogP contribution >= 0.6 is 0 Å². The second-order valence-corrected chi connectivity index (χ2v) is 7.02. The number of carbonyl (C=O) groups is 1. The zero-order chi connectivity index (χ0) is 18.6. The van der Waals surface area contributed by atoms with Crippen LogP contribution in [-0.2, 0) is 14.6 Å². The Hall–Kier alpha value is -2.94. The first-order valence-electron chi connectivity index (χ1n) is 7.16. The van der Waals surface area contributed by atoms with Gasteiger partial charge in [-0.1, -0.05) is 0 Å². The van der Waals surface area contributed by atoms with Crippen LogP contribution < -0.4 is 4.74 Å². The summed E-state index contributed by atoms with van der Waals surface area (Å²) >= 11 is 0. The number of nitro groups is 1. The Morgan fingerprint density at radius 1 is 1.16 bits per heavy atom. The van der Waals surface area contributed by atoms with Crippen LogP contribution in [0.4, 0.5) is 5.69 Å². The summed E-state index contributed by atoms with van der Waals surface area (Å²) in [5, 5.41) is 11.2. The third-order valence-corrected chi connectivity index (χ3v) is 4.26. The van der Waals surface area contributed by atoms with E-state index in [1.54, 1.807) is 6.92 Å². The highest BCUT2D eigenvalue weighted by Crippen LogP contribution is 2.33. The molecule has 0 amide bonds. The zero-order valence-corrected chi connectivity index (χ0v) is 14.3. The maximum absolute atomic E-state index is 11.6. The molecular weight excluding hydrogens is 350 g/mol. The number of rotatable bonds is 6. The van der Waals surface area contributed by atoms with Crippen molar-refractivity contribution in [3.63, 3.8) is 0 Å². The molecular formula is C16H15NO7S. The molecule has 25 heavy (non-hydrogen) atoms. The van der Waals surface area contributed by atoms with Crippen LogP contribution in [0.5, 0.6) is 11.5 Å². The highest BCUT2D eigenvalue weighted by atomic mass is 32.2. The summed E-state index contributed by atoms with van der Waals surface area (Å²) in [6.45, 7) is 1.94. The van der Waals surface area contributed by atoms with Crippen LogP contribution in [0.25, 0.3) is 0 Å². The summed E-state index contributed by atoms with van der Waals surface area (Å²) in [6, 6.07) is 9.23. The number of benzene rings is 2. The van der Waals surface area contributed by atoms with Crippen molar-refractivity contribution in [2.45, 2.75) is 11.8 Å². The van der Waals surface area contributed by atoms with Crippen LogP contribution in [0.2, 0.25) is 0 Å². The Kier molecular flexibility index (Phi) is 5.38. The van der Waals surface area contributed by atoms with Crippen molar-refractivity contribution < 1.29 is 27.6 Å². The summed E-state index contributed by atoms with van der Waals surface area (Å²) in [5.74, 6) is -0.345. The molecule has 132 valence electrons. The number of carbonyl (C=O) groups excluding carboxylic acids is 1. The normalized spacial score (nSPS) is 11.0. The number of hydrogen-bond donors (Lipinski definition) is 0. The molecule has 0 aliphatic heterocycles. The van der Waals surface area contributed by atoms with Gasteiger partial charge < -0.3 is 9.47 Å². The van der Waals surface area contributed by atoms with Crippen LogP contribution in [-0.4, -0.2) is 32.2 Å². The number of esters is 1. The lowest BCUT2D eigenvalue weighted by atomic mass is 10.2. The predicted octanol–water partition coefficient (Wildman–Crippen LogP) is 2.97. The van der Waals surface area contributed by atoms with Crippen LogP contribution in [0.3, 0.4) is 0 Å². The van der Waals surface area contributed by atoms with E-state index in [1.165, 1.54) is 36.4 Å². The lowest BCUT2D eigenvalue weighted by Gasteiger charge is -2.08. The van der Waals surface area contributed by atoms with Gasteiger partial charge in [-0.15, -0.1) is 0 Å². The van der Waals surface area contributed by atoms with E-state index in [9.17, 15) is 23.3 Å². The Bertz CT molecular complexity index is 905. The Balaban J connectivity index is 2.31. The fourth-order valence-electron chi connectivity index (χ4n) is 1.96. The third kappa shape index (κ3) is 4.54. The van der Waals surface area contributed by atoms with Crippen molar-refractivity contribution in [1.29, 1.82) is 0 Å². The smallest absolute Gasteiger partial charge is 0.338 e. The molecule has 2 rings (SSSR count). The van der Waals surface area contributed by atoms with Crippen molar-refractivity contribution >= 4 is 21.5 Å². The molecule has 8 nitrogen and oxygen atoms in total. The second-order valence-electron chi connectivity index (χ2n) is 5.01. The molecule has 0 heterocycles. The molecule has 0 fully saturated rings. The van der Waals surface area contributed by atoms with Crippen LogP contribution in [0, 0.1) is 10.1 Å². The molecule has 0 aliphatic carbocycles. The largest absolute Gasteiger partial charge is 0.462 e. The number of nitro benzene ring substituents is 1. The predicted molar refractivity (Wildman–Crippen MR) is 88.7 cm³/mol. The summed E-state index contributed by atoms with van der Waals surface area (Å²) in [7, 11) is -3.58. The standard InChI is InChI=1S/C16H15NO7S/c1-3-23-16(18)11-4-6-12(7-5-11)24-15-9-8-13(25(2,21)22)10-14(15)17(19)20/h4-10H,3H2,1-2H3.